The average molecular weight is 394 g/mol. The number of fused-ring (bicyclic) bond motifs is 1. The number of thiazole rings is 1. The van der Waals surface area contributed by atoms with Gasteiger partial charge in [-0.05, 0) is 36.8 Å². The fourth-order valence-corrected chi connectivity index (χ4v) is 4.35. The Hall–Kier alpha value is -2.86. The molecule has 2 heterocycles. The molecular weight excluding hydrogens is 370 g/mol. The monoisotopic (exact) mass is 393 g/mol. The molecule has 4 rings (SSSR count). The van der Waals surface area contributed by atoms with Crippen LogP contribution in [0.1, 0.15) is 21.7 Å². The molecule has 2 aromatic carbocycles. The van der Waals surface area contributed by atoms with Gasteiger partial charge in [0.05, 0.1) is 19.3 Å². The van der Waals surface area contributed by atoms with Gasteiger partial charge in [0.2, 0.25) is 0 Å². The van der Waals surface area contributed by atoms with Crippen molar-refractivity contribution in [1.29, 1.82) is 0 Å². The van der Waals surface area contributed by atoms with Crippen LogP contribution < -0.4 is 10.1 Å². The molecule has 1 aromatic heterocycles. The van der Waals surface area contributed by atoms with Gasteiger partial charge in [-0.25, -0.2) is 9.78 Å². The lowest BCUT2D eigenvalue weighted by Crippen LogP contribution is -2.42. The zero-order valence-electron chi connectivity index (χ0n) is 16.1. The third-order valence-corrected chi connectivity index (χ3v) is 6.05. The topological polar surface area (TPSA) is 54.5 Å². The molecule has 0 atom stereocenters. The first kappa shape index (κ1) is 18.5. The summed E-state index contributed by atoms with van der Waals surface area (Å²) in [5.41, 5.74) is 4.52. The normalized spacial score (nSPS) is 13.1. The summed E-state index contributed by atoms with van der Waals surface area (Å²) in [5.74, 6) is 0.835. The molecule has 0 unspecified atom stereocenters. The molecule has 1 aliphatic heterocycles. The van der Waals surface area contributed by atoms with Crippen LogP contribution in [0.5, 0.6) is 5.75 Å². The molecule has 0 bridgehead atoms. The van der Waals surface area contributed by atoms with E-state index in [0.717, 1.165) is 34.0 Å². The molecule has 0 radical (unpaired) electrons. The van der Waals surface area contributed by atoms with E-state index < -0.39 is 0 Å². The van der Waals surface area contributed by atoms with Crippen LogP contribution >= 0.6 is 11.3 Å². The van der Waals surface area contributed by atoms with E-state index in [1.807, 2.05) is 41.3 Å². The zero-order chi connectivity index (χ0) is 19.5. The molecule has 0 aliphatic carbocycles. The number of rotatable bonds is 4. The maximum Gasteiger partial charge on any atom is 0.318 e. The predicted octanol–water partition coefficient (Wildman–Crippen LogP) is 4.40. The van der Waals surface area contributed by atoms with Crippen molar-refractivity contribution in [1.82, 2.24) is 15.2 Å². The molecule has 0 spiro atoms. The second-order valence-corrected chi connectivity index (χ2v) is 8.02. The van der Waals surface area contributed by atoms with Gasteiger partial charge in [-0.15, -0.1) is 11.3 Å². The molecule has 0 fully saturated rings. The summed E-state index contributed by atoms with van der Waals surface area (Å²) in [4.78, 5) is 20.4. The van der Waals surface area contributed by atoms with Gasteiger partial charge in [0.25, 0.3) is 0 Å². The first-order chi connectivity index (χ1) is 13.6. The number of aromatic nitrogens is 1. The number of amides is 2. The van der Waals surface area contributed by atoms with Crippen LogP contribution in [0.25, 0.3) is 10.6 Å². The Morgan fingerprint density at radius 1 is 1.18 bits per heavy atom. The first-order valence-corrected chi connectivity index (χ1v) is 10.2. The first-order valence-electron chi connectivity index (χ1n) is 9.33. The van der Waals surface area contributed by atoms with E-state index in [-0.39, 0.29) is 6.03 Å². The maximum atomic E-state index is 12.6. The molecular formula is C22H23N3O2S. The highest BCUT2D eigenvalue weighted by atomic mass is 32.1. The zero-order valence-corrected chi connectivity index (χ0v) is 16.9. The van der Waals surface area contributed by atoms with Gasteiger partial charge >= 0.3 is 6.03 Å². The largest absolute Gasteiger partial charge is 0.497 e. The van der Waals surface area contributed by atoms with Crippen LogP contribution in [-0.2, 0) is 19.5 Å². The van der Waals surface area contributed by atoms with Crippen LogP contribution in [0.15, 0.2) is 48.5 Å². The number of carbonyl (C=O) groups excluding carboxylic acids is 1. The second kappa shape index (κ2) is 8.02. The molecule has 1 aliphatic rings. The lowest BCUT2D eigenvalue weighted by atomic mass is 10.1. The Morgan fingerprint density at radius 2 is 1.93 bits per heavy atom. The summed E-state index contributed by atoms with van der Waals surface area (Å²) in [6.07, 6.45) is 0.792. The summed E-state index contributed by atoms with van der Waals surface area (Å²) in [7, 11) is 1.66. The number of aryl methyl sites for hydroxylation is 1. The van der Waals surface area contributed by atoms with Gasteiger partial charge in [-0.1, -0.05) is 29.8 Å². The van der Waals surface area contributed by atoms with Crippen molar-refractivity contribution in [3.05, 3.63) is 70.2 Å². The van der Waals surface area contributed by atoms with Crippen LogP contribution in [0.4, 0.5) is 4.79 Å². The van der Waals surface area contributed by atoms with E-state index in [2.05, 4.69) is 24.4 Å². The number of nitrogens with zero attached hydrogens (tertiary/aromatic N) is 2. The van der Waals surface area contributed by atoms with E-state index in [9.17, 15) is 4.79 Å². The van der Waals surface area contributed by atoms with Gasteiger partial charge in [0.1, 0.15) is 10.8 Å². The van der Waals surface area contributed by atoms with Crippen molar-refractivity contribution in [2.24, 2.45) is 0 Å². The Bertz CT molecular complexity index is 964. The summed E-state index contributed by atoms with van der Waals surface area (Å²) in [6, 6.07) is 16.1. The number of urea groups is 1. The fraction of sp³-hybridized carbons (Fsp3) is 0.273. The summed E-state index contributed by atoms with van der Waals surface area (Å²) < 4.78 is 5.22. The quantitative estimate of drug-likeness (QED) is 0.715. The van der Waals surface area contributed by atoms with Crippen molar-refractivity contribution in [3.8, 4) is 16.3 Å². The number of ether oxygens (including phenoxy) is 1. The van der Waals surface area contributed by atoms with Crippen molar-refractivity contribution in [2.75, 3.05) is 13.7 Å². The standard InChI is InChI=1S/C22H23N3O2S/c1-15-3-5-16(6-4-15)13-23-22(26)25-12-11-19-20(14-25)28-21(24-19)17-7-9-18(27-2)10-8-17/h3-10H,11-14H2,1-2H3,(H,23,26). The molecule has 5 nitrogen and oxygen atoms in total. The minimum atomic E-state index is -0.0226. The van der Waals surface area contributed by atoms with Crippen molar-refractivity contribution < 1.29 is 9.53 Å². The average Bonchev–Trinajstić information content (AvgIpc) is 3.16. The summed E-state index contributed by atoms with van der Waals surface area (Å²) in [5, 5.41) is 4.02. The number of hydrogen-bond donors (Lipinski definition) is 1. The third kappa shape index (κ3) is 4.02. The highest BCUT2D eigenvalue weighted by Gasteiger charge is 2.24. The highest BCUT2D eigenvalue weighted by molar-refractivity contribution is 7.15. The molecule has 1 N–H and O–H groups in total. The van der Waals surface area contributed by atoms with Crippen LogP contribution in [-0.4, -0.2) is 29.6 Å². The van der Waals surface area contributed by atoms with E-state index in [4.69, 9.17) is 9.72 Å². The fourth-order valence-electron chi connectivity index (χ4n) is 3.22. The van der Waals surface area contributed by atoms with Crippen LogP contribution in [0, 0.1) is 6.92 Å². The SMILES string of the molecule is COc1ccc(-c2nc3c(s2)CN(C(=O)NCc2ccc(C)cc2)CC3)cc1. The molecule has 28 heavy (non-hydrogen) atoms. The van der Waals surface area contributed by atoms with E-state index >= 15 is 0 Å². The molecule has 144 valence electrons. The maximum absolute atomic E-state index is 12.6. The second-order valence-electron chi connectivity index (χ2n) is 6.93. The Balaban J connectivity index is 1.40. The van der Waals surface area contributed by atoms with Crippen molar-refractivity contribution >= 4 is 17.4 Å². The van der Waals surface area contributed by atoms with E-state index in [0.29, 0.717) is 19.6 Å². The smallest absolute Gasteiger partial charge is 0.318 e. The Morgan fingerprint density at radius 3 is 2.64 bits per heavy atom. The number of benzene rings is 2. The van der Waals surface area contributed by atoms with Crippen molar-refractivity contribution in [3.63, 3.8) is 0 Å². The molecule has 6 heteroatoms. The number of methoxy groups -OCH3 is 1. The van der Waals surface area contributed by atoms with E-state index in [1.54, 1.807) is 18.4 Å². The highest BCUT2D eigenvalue weighted by Crippen LogP contribution is 2.32. The Kier molecular flexibility index (Phi) is 5.30. The predicted molar refractivity (Wildman–Crippen MR) is 112 cm³/mol. The lowest BCUT2D eigenvalue weighted by Gasteiger charge is -2.26. The number of carbonyl (C=O) groups is 1. The van der Waals surface area contributed by atoms with Crippen LogP contribution in [0.2, 0.25) is 0 Å². The van der Waals surface area contributed by atoms with Gasteiger partial charge < -0.3 is 15.0 Å². The van der Waals surface area contributed by atoms with Crippen LogP contribution in [0.3, 0.4) is 0 Å². The Labute approximate surface area is 169 Å². The lowest BCUT2D eigenvalue weighted by molar-refractivity contribution is 0.192. The molecule has 3 aromatic rings. The van der Waals surface area contributed by atoms with E-state index in [1.165, 1.54) is 10.4 Å². The van der Waals surface area contributed by atoms with Gasteiger partial charge in [-0.2, -0.15) is 0 Å². The van der Waals surface area contributed by atoms with Gasteiger partial charge in [0, 0.05) is 30.0 Å². The minimum absolute atomic E-state index is 0.0226. The number of hydrogen-bond acceptors (Lipinski definition) is 4. The molecule has 0 saturated carbocycles. The summed E-state index contributed by atoms with van der Waals surface area (Å²) >= 11 is 1.67. The van der Waals surface area contributed by atoms with Gasteiger partial charge in [0.15, 0.2) is 0 Å². The third-order valence-electron chi connectivity index (χ3n) is 4.92. The minimum Gasteiger partial charge on any atom is -0.497 e. The summed E-state index contributed by atoms with van der Waals surface area (Å²) in [6.45, 7) is 3.91. The molecule has 2 amide bonds. The number of nitrogens with one attached hydrogen (secondary N) is 1. The molecule has 0 saturated heterocycles. The van der Waals surface area contributed by atoms with Gasteiger partial charge in [-0.3, -0.25) is 0 Å². The van der Waals surface area contributed by atoms with Crippen molar-refractivity contribution in [2.45, 2.75) is 26.4 Å².